The van der Waals surface area contributed by atoms with Crippen LogP contribution in [0, 0.1) is 0 Å². The lowest BCUT2D eigenvalue weighted by Gasteiger charge is -2.13. The number of nitrogens with zero attached hydrogens (tertiary/aromatic N) is 3. The van der Waals surface area contributed by atoms with Crippen molar-refractivity contribution in [1.29, 1.82) is 0 Å². The predicted octanol–water partition coefficient (Wildman–Crippen LogP) is 3.04. The van der Waals surface area contributed by atoms with Crippen LogP contribution in [0.4, 0.5) is 0 Å². The molecule has 3 rings (SSSR count). The molecule has 31 heavy (non-hydrogen) atoms. The van der Waals surface area contributed by atoms with Gasteiger partial charge in [0.25, 0.3) is 0 Å². The van der Waals surface area contributed by atoms with E-state index in [9.17, 15) is 8.42 Å². The molecule has 0 spiro atoms. The Kier molecular flexibility index (Phi) is 7.70. The number of aryl methyl sites for hydroxylation is 1. The minimum atomic E-state index is -3.41. The lowest BCUT2D eigenvalue weighted by atomic mass is 10.2. The number of rotatable bonds is 9. The van der Waals surface area contributed by atoms with Crippen LogP contribution in [-0.2, 0) is 23.1 Å². The third-order valence-electron chi connectivity index (χ3n) is 5.01. The number of hydrogen-bond donors (Lipinski definition) is 2. The van der Waals surface area contributed by atoms with E-state index in [2.05, 4.69) is 56.7 Å². The molecule has 0 radical (unpaired) electrons. The summed E-state index contributed by atoms with van der Waals surface area (Å²) in [6.45, 7) is 5.01. The summed E-state index contributed by atoms with van der Waals surface area (Å²) >= 11 is 0. The maximum absolute atomic E-state index is 12.2. The topological polar surface area (TPSA) is 78.7 Å². The van der Waals surface area contributed by atoms with Gasteiger partial charge < -0.3 is 15.2 Å². The monoisotopic (exact) mass is 441 g/mol. The second-order valence-corrected chi connectivity index (χ2v) is 9.63. The minimum absolute atomic E-state index is 0.285. The second-order valence-electron chi connectivity index (χ2n) is 7.47. The van der Waals surface area contributed by atoms with Gasteiger partial charge in [0, 0.05) is 45.4 Å². The number of para-hydroxylation sites is 1. The fraction of sp³-hybridized carbons (Fsp3) is 0.348. The van der Waals surface area contributed by atoms with Gasteiger partial charge in [0.1, 0.15) is 0 Å². The summed E-state index contributed by atoms with van der Waals surface area (Å²) in [5, 5.41) is 7.89. The summed E-state index contributed by atoms with van der Waals surface area (Å²) in [7, 11) is -0.353. The zero-order valence-electron chi connectivity index (χ0n) is 18.4. The Bertz CT molecular complexity index is 1120. The van der Waals surface area contributed by atoms with Gasteiger partial charge in [-0.1, -0.05) is 30.3 Å². The Balaban J connectivity index is 1.54. The molecule has 0 aliphatic carbocycles. The van der Waals surface area contributed by atoms with Crippen LogP contribution in [0.15, 0.2) is 70.7 Å². The highest BCUT2D eigenvalue weighted by Crippen LogP contribution is 2.16. The molecule has 8 heteroatoms. The van der Waals surface area contributed by atoms with E-state index >= 15 is 0 Å². The number of guanidine groups is 1. The van der Waals surface area contributed by atoms with E-state index in [1.165, 1.54) is 29.3 Å². The van der Waals surface area contributed by atoms with Crippen molar-refractivity contribution in [2.75, 3.05) is 27.2 Å². The van der Waals surface area contributed by atoms with Crippen LogP contribution < -0.4 is 10.6 Å². The van der Waals surface area contributed by atoms with E-state index in [1.807, 2.05) is 6.92 Å². The summed E-state index contributed by atoms with van der Waals surface area (Å²) in [4.78, 5) is 4.91. The predicted molar refractivity (Wildman–Crippen MR) is 127 cm³/mol. The first-order valence-corrected chi connectivity index (χ1v) is 11.9. The third kappa shape index (κ3) is 5.86. The maximum Gasteiger partial charge on any atom is 0.242 e. The molecule has 1 aromatic heterocycles. The van der Waals surface area contributed by atoms with E-state index in [1.54, 1.807) is 24.3 Å². The maximum atomic E-state index is 12.2. The number of benzene rings is 2. The average molecular weight is 442 g/mol. The molecule has 0 aliphatic rings. The van der Waals surface area contributed by atoms with Crippen molar-refractivity contribution in [2.24, 2.45) is 4.99 Å². The van der Waals surface area contributed by atoms with Crippen LogP contribution in [0.1, 0.15) is 18.9 Å². The summed E-state index contributed by atoms with van der Waals surface area (Å²) in [6.07, 6.45) is 3.10. The Morgan fingerprint density at radius 1 is 1.03 bits per heavy atom. The van der Waals surface area contributed by atoms with Gasteiger partial charge in [-0.05, 0) is 48.6 Å². The van der Waals surface area contributed by atoms with E-state index in [4.69, 9.17) is 0 Å². The fourth-order valence-electron chi connectivity index (χ4n) is 3.28. The largest absolute Gasteiger partial charge is 0.357 e. The van der Waals surface area contributed by atoms with Crippen molar-refractivity contribution in [3.63, 3.8) is 0 Å². The van der Waals surface area contributed by atoms with Gasteiger partial charge in [-0.2, -0.15) is 0 Å². The molecular weight excluding hydrogens is 410 g/mol. The molecule has 2 N–H and O–H groups in total. The molecule has 0 fully saturated rings. The minimum Gasteiger partial charge on any atom is -0.357 e. The van der Waals surface area contributed by atoms with Crippen molar-refractivity contribution in [3.8, 4) is 0 Å². The number of fused-ring (bicyclic) bond motifs is 1. The van der Waals surface area contributed by atoms with Crippen molar-refractivity contribution in [1.82, 2.24) is 19.5 Å². The van der Waals surface area contributed by atoms with Crippen LogP contribution in [0.3, 0.4) is 0 Å². The Morgan fingerprint density at radius 2 is 1.77 bits per heavy atom. The lowest BCUT2D eigenvalue weighted by molar-refractivity contribution is 0.520. The lowest BCUT2D eigenvalue weighted by Crippen LogP contribution is -2.38. The molecule has 166 valence electrons. The third-order valence-corrected chi connectivity index (χ3v) is 6.84. The average Bonchev–Trinajstić information content (AvgIpc) is 3.18. The molecule has 0 amide bonds. The Hall–Kier alpha value is -2.84. The number of aromatic nitrogens is 1. The molecule has 2 aromatic carbocycles. The zero-order chi connectivity index (χ0) is 22.3. The van der Waals surface area contributed by atoms with E-state index in [0.717, 1.165) is 37.6 Å². The fourth-order valence-corrected chi connectivity index (χ4v) is 4.18. The highest BCUT2D eigenvalue weighted by molar-refractivity contribution is 7.89. The van der Waals surface area contributed by atoms with Gasteiger partial charge >= 0.3 is 0 Å². The number of nitrogens with one attached hydrogen (secondary N) is 2. The van der Waals surface area contributed by atoms with Crippen molar-refractivity contribution in [3.05, 3.63) is 66.4 Å². The molecule has 1 heterocycles. The smallest absolute Gasteiger partial charge is 0.242 e. The molecule has 0 saturated heterocycles. The van der Waals surface area contributed by atoms with E-state index < -0.39 is 10.0 Å². The Morgan fingerprint density at radius 3 is 2.48 bits per heavy atom. The summed E-state index contributed by atoms with van der Waals surface area (Å²) in [5.41, 5.74) is 2.21. The summed E-state index contributed by atoms with van der Waals surface area (Å²) < 4.78 is 27.8. The molecule has 0 atom stereocenters. The highest BCUT2D eigenvalue weighted by Gasteiger charge is 2.16. The quantitative estimate of drug-likeness (QED) is 0.304. The van der Waals surface area contributed by atoms with Crippen LogP contribution in [-0.4, -0.2) is 50.4 Å². The molecule has 0 saturated carbocycles. The SMILES string of the molecule is CCNC(=NCc1ccc(S(=O)(=O)N(C)C)cc1)NCCCn1ccc2ccccc21. The molecule has 0 bridgehead atoms. The molecule has 0 aliphatic heterocycles. The van der Waals surface area contributed by atoms with Crippen LogP contribution in [0.5, 0.6) is 0 Å². The van der Waals surface area contributed by atoms with Gasteiger partial charge in [0.15, 0.2) is 5.96 Å². The normalized spacial score (nSPS) is 12.5. The van der Waals surface area contributed by atoms with Crippen molar-refractivity contribution < 1.29 is 8.42 Å². The molecular formula is C23H31N5O2S. The number of aliphatic imine (C=N–C) groups is 1. The van der Waals surface area contributed by atoms with Crippen LogP contribution >= 0.6 is 0 Å². The van der Waals surface area contributed by atoms with Crippen molar-refractivity contribution in [2.45, 2.75) is 31.3 Å². The number of sulfonamides is 1. The molecule has 7 nitrogen and oxygen atoms in total. The second kappa shape index (κ2) is 10.5. The van der Waals surface area contributed by atoms with Gasteiger partial charge in [0.2, 0.25) is 10.0 Å². The summed E-state index contributed by atoms with van der Waals surface area (Å²) in [6, 6.07) is 17.4. The van der Waals surface area contributed by atoms with Crippen molar-refractivity contribution >= 4 is 26.9 Å². The standard InChI is InChI=1S/C23H31N5O2S/c1-4-24-23(25-15-7-16-28-17-14-20-8-5-6-9-22(20)28)26-18-19-10-12-21(13-11-19)31(29,30)27(2)3/h5-6,8-14,17H,4,7,15-16,18H2,1-3H3,(H2,24,25,26). The van der Waals surface area contributed by atoms with Gasteiger partial charge in [-0.25, -0.2) is 17.7 Å². The summed E-state index contributed by atoms with van der Waals surface area (Å²) in [5.74, 6) is 0.754. The first kappa shape index (κ1) is 22.8. The van der Waals surface area contributed by atoms with Gasteiger partial charge in [-0.15, -0.1) is 0 Å². The molecule has 3 aromatic rings. The van der Waals surface area contributed by atoms with Gasteiger partial charge in [0.05, 0.1) is 11.4 Å². The first-order chi connectivity index (χ1) is 14.9. The highest BCUT2D eigenvalue weighted by atomic mass is 32.2. The van der Waals surface area contributed by atoms with E-state index in [-0.39, 0.29) is 4.90 Å². The molecule has 0 unspecified atom stereocenters. The zero-order valence-corrected chi connectivity index (χ0v) is 19.2. The van der Waals surface area contributed by atoms with Crippen LogP contribution in [0.2, 0.25) is 0 Å². The van der Waals surface area contributed by atoms with E-state index in [0.29, 0.717) is 6.54 Å². The Labute approximate surface area is 184 Å². The number of hydrogen-bond acceptors (Lipinski definition) is 3. The van der Waals surface area contributed by atoms with Crippen LogP contribution in [0.25, 0.3) is 10.9 Å². The van der Waals surface area contributed by atoms with Gasteiger partial charge in [-0.3, -0.25) is 0 Å². The first-order valence-electron chi connectivity index (χ1n) is 10.5.